The molecule has 1 aromatic rings. The molecule has 0 fully saturated rings. The van der Waals surface area contributed by atoms with Crippen LogP contribution in [0.3, 0.4) is 0 Å². The number of Topliss-reactive ketones (excluding diaryl/α,β-unsaturated/α-hetero) is 1. The van der Waals surface area contributed by atoms with Crippen molar-refractivity contribution in [3.05, 3.63) is 23.3 Å². The number of ketones is 1. The van der Waals surface area contributed by atoms with Crippen LogP contribution in [0.1, 0.15) is 43.1 Å². The summed E-state index contributed by atoms with van der Waals surface area (Å²) in [5.41, 5.74) is 1.24. The van der Waals surface area contributed by atoms with Crippen molar-refractivity contribution in [3.8, 4) is 11.5 Å². The number of benzene rings is 1. The van der Waals surface area contributed by atoms with Crippen LogP contribution < -0.4 is 9.47 Å². The van der Waals surface area contributed by atoms with Crippen molar-refractivity contribution >= 4 is 27.7 Å². The maximum Gasteiger partial charge on any atom is 0.344 e. The first-order valence-electron chi connectivity index (χ1n) is 10.9. The van der Waals surface area contributed by atoms with E-state index in [2.05, 4.69) is 15.9 Å². The van der Waals surface area contributed by atoms with Gasteiger partial charge in [-0.25, -0.2) is 4.79 Å². The lowest BCUT2D eigenvalue weighted by atomic mass is 10.0. The van der Waals surface area contributed by atoms with Crippen molar-refractivity contribution in [1.82, 2.24) is 0 Å². The van der Waals surface area contributed by atoms with E-state index in [1.807, 2.05) is 6.92 Å². The lowest BCUT2D eigenvalue weighted by molar-refractivity contribution is -0.145. The first-order chi connectivity index (χ1) is 15.5. The van der Waals surface area contributed by atoms with Gasteiger partial charge in [0.25, 0.3) is 0 Å². The molecule has 32 heavy (non-hydrogen) atoms. The maximum atomic E-state index is 12.1. The van der Waals surface area contributed by atoms with Gasteiger partial charge in [-0.05, 0) is 32.4 Å². The van der Waals surface area contributed by atoms with Crippen LogP contribution in [0, 0.1) is 0 Å². The highest BCUT2D eigenvalue weighted by molar-refractivity contribution is 9.09. The standard InChI is InChI=1S/C23H35BrO8/c1-4-6-20-21(32-17-22(26)30-5-2)8-7-19(18(3)25)23(20)31-16-15-29-14-13-28-12-11-27-10-9-24/h7-8H,4-6,9-17H2,1-3H3. The van der Waals surface area contributed by atoms with E-state index in [9.17, 15) is 9.59 Å². The fraction of sp³-hybridized carbons (Fsp3) is 0.652. The van der Waals surface area contributed by atoms with Crippen LogP contribution in [0.4, 0.5) is 0 Å². The summed E-state index contributed by atoms with van der Waals surface area (Å²) in [7, 11) is 0. The predicted octanol–water partition coefficient (Wildman–Crippen LogP) is 3.61. The quantitative estimate of drug-likeness (QED) is 0.119. The molecule has 1 aromatic carbocycles. The molecule has 0 amide bonds. The van der Waals surface area contributed by atoms with Gasteiger partial charge in [0.05, 0.1) is 51.8 Å². The number of carbonyl (C=O) groups is 2. The highest BCUT2D eigenvalue weighted by Crippen LogP contribution is 2.34. The van der Waals surface area contributed by atoms with Crippen molar-refractivity contribution < 1.29 is 38.0 Å². The summed E-state index contributed by atoms with van der Waals surface area (Å²) < 4.78 is 32.8. The number of hydrogen-bond acceptors (Lipinski definition) is 8. The van der Waals surface area contributed by atoms with E-state index >= 15 is 0 Å². The number of carbonyl (C=O) groups excluding carboxylic acids is 2. The Labute approximate surface area is 199 Å². The smallest absolute Gasteiger partial charge is 0.344 e. The van der Waals surface area contributed by atoms with Gasteiger partial charge < -0.3 is 28.4 Å². The van der Waals surface area contributed by atoms with Crippen LogP contribution in [0.2, 0.25) is 0 Å². The molecule has 0 saturated carbocycles. The van der Waals surface area contributed by atoms with Crippen molar-refractivity contribution in [3.63, 3.8) is 0 Å². The largest absolute Gasteiger partial charge is 0.490 e. The van der Waals surface area contributed by atoms with Crippen molar-refractivity contribution in [2.24, 2.45) is 0 Å². The predicted molar refractivity (Wildman–Crippen MR) is 124 cm³/mol. The maximum absolute atomic E-state index is 12.1. The molecule has 0 bridgehead atoms. The van der Waals surface area contributed by atoms with Gasteiger partial charge in [-0.2, -0.15) is 0 Å². The second-order valence-electron chi connectivity index (χ2n) is 6.69. The Balaban J connectivity index is 2.61. The summed E-state index contributed by atoms with van der Waals surface area (Å²) in [6.45, 7) is 8.60. The van der Waals surface area contributed by atoms with Gasteiger partial charge in [0.2, 0.25) is 0 Å². The Morgan fingerprint density at radius 2 is 1.50 bits per heavy atom. The number of halogens is 1. The molecule has 0 unspecified atom stereocenters. The summed E-state index contributed by atoms with van der Waals surface area (Å²) in [6, 6.07) is 3.35. The van der Waals surface area contributed by atoms with E-state index in [1.165, 1.54) is 6.92 Å². The van der Waals surface area contributed by atoms with Crippen molar-refractivity contribution in [2.75, 3.05) is 64.8 Å². The third kappa shape index (κ3) is 11.3. The van der Waals surface area contributed by atoms with Crippen molar-refractivity contribution in [1.29, 1.82) is 0 Å². The second-order valence-corrected chi connectivity index (χ2v) is 7.49. The molecule has 9 heteroatoms. The normalized spacial score (nSPS) is 10.8. The van der Waals surface area contributed by atoms with E-state index in [4.69, 9.17) is 28.4 Å². The first-order valence-corrected chi connectivity index (χ1v) is 12.0. The topological polar surface area (TPSA) is 89.5 Å². The van der Waals surface area contributed by atoms with Crippen molar-refractivity contribution in [2.45, 2.75) is 33.6 Å². The van der Waals surface area contributed by atoms with Gasteiger partial charge in [-0.15, -0.1) is 0 Å². The van der Waals surface area contributed by atoms with Crippen LogP contribution >= 0.6 is 15.9 Å². The molecular weight excluding hydrogens is 484 g/mol. The van der Waals surface area contributed by atoms with E-state index in [0.29, 0.717) is 63.1 Å². The molecule has 0 heterocycles. The third-order valence-corrected chi connectivity index (χ3v) is 4.51. The van der Waals surface area contributed by atoms with Gasteiger partial charge in [0, 0.05) is 10.9 Å². The van der Waals surface area contributed by atoms with Gasteiger partial charge in [-0.1, -0.05) is 29.3 Å². The average molecular weight is 519 g/mol. The summed E-state index contributed by atoms with van der Waals surface area (Å²) in [6.07, 6.45) is 1.46. The third-order valence-electron chi connectivity index (χ3n) is 4.19. The Morgan fingerprint density at radius 3 is 2.06 bits per heavy atom. The Morgan fingerprint density at radius 1 is 0.875 bits per heavy atom. The minimum absolute atomic E-state index is 0.106. The van der Waals surface area contributed by atoms with Crippen LogP contribution in [-0.4, -0.2) is 76.5 Å². The van der Waals surface area contributed by atoms with Gasteiger partial charge in [0.1, 0.15) is 18.1 Å². The molecule has 1 rings (SSSR count). The average Bonchev–Trinajstić information content (AvgIpc) is 2.77. The SMILES string of the molecule is CCCc1c(OCC(=O)OCC)ccc(C(C)=O)c1OCCOCCOCCOCCBr. The molecule has 0 atom stereocenters. The molecule has 0 aliphatic carbocycles. The molecule has 0 radical (unpaired) electrons. The lowest BCUT2D eigenvalue weighted by Gasteiger charge is -2.18. The van der Waals surface area contributed by atoms with E-state index in [0.717, 1.165) is 17.3 Å². The molecule has 0 saturated heterocycles. The monoisotopic (exact) mass is 518 g/mol. The number of alkyl halides is 1. The fourth-order valence-corrected chi connectivity index (χ4v) is 3.04. The minimum Gasteiger partial charge on any atom is -0.490 e. The highest BCUT2D eigenvalue weighted by Gasteiger charge is 2.19. The Hall–Kier alpha value is -1.68. The number of ether oxygens (including phenoxy) is 6. The molecular formula is C23H35BrO8. The minimum atomic E-state index is -0.446. The van der Waals surface area contributed by atoms with Crippen LogP contribution in [0.15, 0.2) is 12.1 Å². The number of rotatable bonds is 19. The van der Waals surface area contributed by atoms with E-state index in [1.54, 1.807) is 19.1 Å². The Bertz CT molecular complexity index is 680. The van der Waals surface area contributed by atoms with Crippen LogP contribution in [-0.2, 0) is 30.2 Å². The molecule has 0 aliphatic heterocycles. The van der Waals surface area contributed by atoms with E-state index in [-0.39, 0.29) is 25.6 Å². The van der Waals surface area contributed by atoms with Gasteiger partial charge >= 0.3 is 5.97 Å². The molecule has 8 nitrogen and oxygen atoms in total. The number of hydrogen-bond donors (Lipinski definition) is 0. The lowest BCUT2D eigenvalue weighted by Crippen LogP contribution is -2.17. The summed E-state index contributed by atoms with van der Waals surface area (Å²) in [4.78, 5) is 23.8. The zero-order valence-electron chi connectivity index (χ0n) is 19.3. The van der Waals surface area contributed by atoms with Gasteiger partial charge in [-0.3, -0.25) is 4.79 Å². The number of esters is 1. The summed E-state index contributed by atoms with van der Waals surface area (Å²) >= 11 is 3.29. The van der Waals surface area contributed by atoms with Crippen LogP contribution in [0.5, 0.6) is 11.5 Å². The second kappa shape index (κ2) is 17.8. The molecule has 0 N–H and O–H groups in total. The zero-order valence-corrected chi connectivity index (χ0v) is 20.9. The molecule has 0 spiro atoms. The van der Waals surface area contributed by atoms with E-state index < -0.39 is 5.97 Å². The first kappa shape index (κ1) is 28.4. The molecule has 182 valence electrons. The summed E-state index contributed by atoms with van der Waals surface area (Å²) in [5, 5.41) is 0.807. The van der Waals surface area contributed by atoms with Crippen LogP contribution in [0.25, 0.3) is 0 Å². The Kier molecular flexibility index (Phi) is 15.8. The highest BCUT2D eigenvalue weighted by atomic mass is 79.9. The fourth-order valence-electron chi connectivity index (χ4n) is 2.81. The molecule has 0 aliphatic rings. The zero-order chi connectivity index (χ0) is 23.6. The molecule has 0 aromatic heterocycles. The summed E-state index contributed by atoms with van der Waals surface area (Å²) in [5.74, 6) is 0.435. The van der Waals surface area contributed by atoms with Gasteiger partial charge in [0.15, 0.2) is 12.4 Å².